The fraction of sp³-hybridized carbons (Fsp3) is 0.857. The van der Waals surface area contributed by atoms with E-state index in [0.717, 1.165) is 25.9 Å². The van der Waals surface area contributed by atoms with Crippen molar-refractivity contribution in [2.24, 2.45) is 5.41 Å². The van der Waals surface area contributed by atoms with Crippen LogP contribution in [0.15, 0.2) is 0 Å². The van der Waals surface area contributed by atoms with Gasteiger partial charge in [0, 0.05) is 32.6 Å². The molecule has 2 fully saturated rings. The number of carbonyl (C=O) groups excluding carboxylic acids is 1. The topological polar surface area (TPSA) is 60.9 Å². The van der Waals surface area contributed by atoms with Crippen molar-refractivity contribution in [3.8, 4) is 0 Å². The van der Waals surface area contributed by atoms with E-state index < -0.39 is 5.97 Å². The van der Waals surface area contributed by atoms with Crippen LogP contribution in [0.3, 0.4) is 0 Å². The lowest BCUT2D eigenvalue weighted by molar-refractivity contribution is -0.138. The molecule has 19 heavy (non-hydrogen) atoms. The highest BCUT2D eigenvalue weighted by molar-refractivity contribution is 5.82. The normalized spacial score (nSPS) is 28.3. The van der Waals surface area contributed by atoms with Crippen LogP contribution in [-0.4, -0.2) is 59.0 Å². The van der Waals surface area contributed by atoms with Gasteiger partial charge < -0.3 is 10.0 Å². The van der Waals surface area contributed by atoms with Crippen LogP contribution in [-0.2, 0) is 9.59 Å². The minimum atomic E-state index is -0.824. The second kappa shape index (κ2) is 5.12. The summed E-state index contributed by atoms with van der Waals surface area (Å²) < 4.78 is 0. The minimum absolute atomic E-state index is 0.0605. The smallest absolute Gasteiger partial charge is 0.303 e. The molecular weight excluding hydrogens is 244 g/mol. The van der Waals surface area contributed by atoms with Gasteiger partial charge >= 0.3 is 5.97 Å². The van der Waals surface area contributed by atoms with Gasteiger partial charge in [-0.25, -0.2) is 0 Å². The van der Waals surface area contributed by atoms with Crippen molar-refractivity contribution in [2.45, 2.75) is 51.6 Å². The number of likely N-dealkylation sites (N-methyl/N-ethyl adjacent to an activating group) is 1. The lowest BCUT2D eigenvalue weighted by atomic mass is 9.92. The number of carboxylic acids is 1. The standard InChI is InChI=1S/C14H24N2O3/c1-14(2)8-15(3)13(19)11(6-7-12(17)18)16(9-14)10-4-5-10/h10-11H,4-9H2,1-3H3,(H,17,18). The number of aliphatic carboxylic acids is 1. The number of hydrogen-bond donors (Lipinski definition) is 1. The summed E-state index contributed by atoms with van der Waals surface area (Å²) >= 11 is 0. The third-order valence-electron chi connectivity index (χ3n) is 3.98. The third kappa shape index (κ3) is 3.47. The maximum absolute atomic E-state index is 12.5. The number of hydrogen-bond acceptors (Lipinski definition) is 3. The Morgan fingerprint density at radius 2 is 2.00 bits per heavy atom. The molecule has 0 spiro atoms. The van der Waals surface area contributed by atoms with Crippen LogP contribution in [0.25, 0.3) is 0 Å². The number of carboxylic acid groups (broad SMARTS) is 1. The monoisotopic (exact) mass is 268 g/mol. The lowest BCUT2D eigenvalue weighted by Gasteiger charge is -2.32. The molecule has 2 rings (SSSR count). The highest BCUT2D eigenvalue weighted by atomic mass is 16.4. The van der Waals surface area contributed by atoms with Crippen LogP contribution in [0.2, 0.25) is 0 Å². The molecule has 5 heteroatoms. The predicted octanol–water partition coefficient (Wildman–Crippen LogP) is 1.18. The molecule has 1 saturated carbocycles. The zero-order valence-corrected chi connectivity index (χ0v) is 12.1. The van der Waals surface area contributed by atoms with Gasteiger partial charge in [-0.1, -0.05) is 13.8 Å². The molecule has 2 aliphatic rings. The molecule has 1 amide bonds. The first kappa shape index (κ1) is 14.3. The quantitative estimate of drug-likeness (QED) is 0.832. The Kier molecular flexibility index (Phi) is 3.85. The molecule has 0 aromatic carbocycles. The average Bonchev–Trinajstić information content (AvgIpc) is 3.08. The number of amides is 1. The van der Waals surface area contributed by atoms with Crippen LogP contribution < -0.4 is 0 Å². The Labute approximate surface area is 114 Å². The zero-order chi connectivity index (χ0) is 14.2. The average molecular weight is 268 g/mol. The van der Waals surface area contributed by atoms with E-state index in [4.69, 9.17) is 5.11 Å². The summed E-state index contributed by atoms with van der Waals surface area (Å²) in [7, 11) is 1.83. The summed E-state index contributed by atoms with van der Waals surface area (Å²) in [4.78, 5) is 27.3. The lowest BCUT2D eigenvalue weighted by Crippen LogP contribution is -2.46. The van der Waals surface area contributed by atoms with Crippen molar-refractivity contribution in [2.75, 3.05) is 20.1 Å². The third-order valence-corrected chi connectivity index (χ3v) is 3.98. The molecule has 0 aromatic rings. The van der Waals surface area contributed by atoms with Gasteiger partial charge in [0.15, 0.2) is 0 Å². The van der Waals surface area contributed by atoms with E-state index in [0.29, 0.717) is 12.5 Å². The van der Waals surface area contributed by atoms with Crippen molar-refractivity contribution in [1.29, 1.82) is 0 Å². The van der Waals surface area contributed by atoms with Crippen LogP contribution in [0.4, 0.5) is 0 Å². The van der Waals surface area contributed by atoms with Crippen LogP contribution >= 0.6 is 0 Å². The van der Waals surface area contributed by atoms with Crippen LogP contribution in [0.1, 0.15) is 39.5 Å². The fourth-order valence-electron chi connectivity index (χ4n) is 3.11. The van der Waals surface area contributed by atoms with Crippen molar-refractivity contribution in [1.82, 2.24) is 9.80 Å². The molecule has 1 heterocycles. The molecule has 1 N–H and O–H groups in total. The summed E-state index contributed by atoms with van der Waals surface area (Å²) in [6, 6.07) is 0.226. The number of carbonyl (C=O) groups is 2. The van der Waals surface area contributed by atoms with Gasteiger partial charge in [0.1, 0.15) is 0 Å². The van der Waals surface area contributed by atoms with Crippen molar-refractivity contribution < 1.29 is 14.7 Å². The Balaban J connectivity index is 2.18. The second-order valence-electron chi connectivity index (χ2n) is 6.71. The maximum atomic E-state index is 12.5. The summed E-state index contributed by atoms with van der Waals surface area (Å²) in [5.74, 6) is -0.742. The highest BCUT2D eigenvalue weighted by Gasteiger charge is 2.43. The van der Waals surface area contributed by atoms with Gasteiger partial charge in [0.05, 0.1) is 6.04 Å². The molecule has 0 radical (unpaired) electrons. The Morgan fingerprint density at radius 1 is 1.37 bits per heavy atom. The number of nitrogens with zero attached hydrogens (tertiary/aromatic N) is 2. The van der Waals surface area contributed by atoms with Crippen LogP contribution in [0.5, 0.6) is 0 Å². The van der Waals surface area contributed by atoms with Gasteiger partial charge in [-0.3, -0.25) is 14.5 Å². The molecule has 1 aliphatic carbocycles. The van der Waals surface area contributed by atoms with Gasteiger partial charge in [0.2, 0.25) is 5.91 Å². The molecule has 108 valence electrons. The van der Waals surface area contributed by atoms with E-state index in [2.05, 4.69) is 18.7 Å². The fourth-order valence-corrected chi connectivity index (χ4v) is 3.11. The molecule has 1 unspecified atom stereocenters. The molecule has 5 nitrogen and oxygen atoms in total. The number of rotatable bonds is 4. The summed E-state index contributed by atoms with van der Waals surface area (Å²) in [5.41, 5.74) is 0.0605. The van der Waals surface area contributed by atoms with Gasteiger partial charge in [0.25, 0.3) is 0 Å². The van der Waals surface area contributed by atoms with E-state index >= 15 is 0 Å². The first-order valence-corrected chi connectivity index (χ1v) is 7.03. The molecule has 0 bridgehead atoms. The minimum Gasteiger partial charge on any atom is -0.481 e. The van der Waals surface area contributed by atoms with Gasteiger partial charge in [-0.05, 0) is 24.7 Å². The molecule has 1 atom stereocenters. The molecule has 1 saturated heterocycles. The maximum Gasteiger partial charge on any atom is 0.303 e. The van der Waals surface area contributed by atoms with Gasteiger partial charge in [-0.2, -0.15) is 0 Å². The summed E-state index contributed by atoms with van der Waals surface area (Å²) in [6.07, 6.45) is 2.76. The summed E-state index contributed by atoms with van der Waals surface area (Å²) in [6.45, 7) is 5.95. The Morgan fingerprint density at radius 3 is 2.53 bits per heavy atom. The van der Waals surface area contributed by atoms with E-state index in [-0.39, 0.29) is 23.8 Å². The SMILES string of the molecule is CN1CC(C)(C)CN(C2CC2)C(CCC(=O)O)C1=O. The summed E-state index contributed by atoms with van der Waals surface area (Å²) in [5, 5.41) is 8.87. The van der Waals surface area contributed by atoms with Crippen LogP contribution in [0, 0.1) is 5.41 Å². The predicted molar refractivity (Wildman–Crippen MR) is 71.8 cm³/mol. The van der Waals surface area contributed by atoms with Gasteiger partial charge in [-0.15, -0.1) is 0 Å². The van der Waals surface area contributed by atoms with E-state index in [9.17, 15) is 9.59 Å². The zero-order valence-electron chi connectivity index (χ0n) is 12.1. The van der Waals surface area contributed by atoms with Crippen molar-refractivity contribution in [3.05, 3.63) is 0 Å². The largest absolute Gasteiger partial charge is 0.481 e. The Hall–Kier alpha value is -1.10. The molecular formula is C14H24N2O3. The molecule has 1 aliphatic heterocycles. The van der Waals surface area contributed by atoms with E-state index in [1.54, 1.807) is 4.90 Å². The van der Waals surface area contributed by atoms with E-state index in [1.165, 1.54) is 0 Å². The first-order chi connectivity index (χ1) is 8.80. The van der Waals surface area contributed by atoms with Crippen molar-refractivity contribution >= 4 is 11.9 Å². The molecule has 0 aromatic heterocycles. The van der Waals surface area contributed by atoms with Crippen molar-refractivity contribution in [3.63, 3.8) is 0 Å². The highest BCUT2D eigenvalue weighted by Crippen LogP contribution is 2.35. The second-order valence-corrected chi connectivity index (χ2v) is 6.71. The Bertz CT molecular complexity index is 377. The van der Waals surface area contributed by atoms with E-state index in [1.807, 2.05) is 7.05 Å². The first-order valence-electron chi connectivity index (χ1n) is 7.03.